The normalized spacial score (nSPS) is 18.9. The van der Waals surface area contributed by atoms with Gasteiger partial charge in [-0.1, -0.05) is 12.1 Å². The summed E-state index contributed by atoms with van der Waals surface area (Å²) in [5, 5.41) is 2.83. The van der Waals surface area contributed by atoms with Crippen LogP contribution in [0.15, 0.2) is 36.8 Å². The maximum Gasteiger partial charge on any atom is 0.494 e. The fourth-order valence-corrected chi connectivity index (χ4v) is 2.32. The molecular weight excluding hydrogens is 293 g/mol. The van der Waals surface area contributed by atoms with E-state index in [9.17, 15) is 4.79 Å². The van der Waals surface area contributed by atoms with Crippen LogP contribution >= 0.6 is 0 Å². The maximum atomic E-state index is 12.1. The number of nitrogens with zero attached hydrogens (tertiary/aromatic N) is 1. The lowest BCUT2D eigenvalue weighted by Gasteiger charge is -2.32. The van der Waals surface area contributed by atoms with Gasteiger partial charge in [0.2, 0.25) is 0 Å². The second-order valence-electron chi connectivity index (χ2n) is 6.63. The van der Waals surface area contributed by atoms with Crippen LogP contribution in [0.25, 0.3) is 0 Å². The lowest BCUT2D eigenvalue weighted by molar-refractivity contribution is 0.00578. The Morgan fingerprint density at radius 1 is 1.22 bits per heavy atom. The number of H-pyrrole nitrogens is 1. The number of anilines is 1. The zero-order valence-corrected chi connectivity index (χ0v) is 13.7. The largest absolute Gasteiger partial charge is 0.494 e. The Balaban J connectivity index is 1.77. The van der Waals surface area contributed by atoms with E-state index in [2.05, 4.69) is 15.3 Å². The zero-order chi connectivity index (χ0) is 16.7. The van der Waals surface area contributed by atoms with Gasteiger partial charge in [0, 0.05) is 5.69 Å². The minimum atomic E-state index is -0.455. The third kappa shape index (κ3) is 3.02. The summed E-state index contributed by atoms with van der Waals surface area (Å²) in [4.78, 5) is 18.7. The Labute approximate surface area is 135 Å². The van der Waals surface area contributed by atoms with E-state index in [1.165, 1.54) is 12.5 Å². The van der Waals surface area contributed by atoms with Crippen molar-refractivity contribution in [2.75, 3.05) is 5.32 Å². The Kier molecular flexibility index (Phi) is 3.78. The summed E-state index contributed by atoms with van der Waals surface area (Å²) in [6.07, 6.45) is 2.95. The SMILES string of the molecule is CC1(C)OB(c2cccc(NC(=O)c3cnc[nH]3)c2)OC1(C)C. The molecule has 0 unspecified atom stereocenters. The second kappa shape index (κ2) is 5.51. The molecule has 1 aromatic carbocycles. The topological polar surface area (TPSA) is 76.2 Å². The predicted octanol–water partition coefficient (Wildman–Crippen LogP) is 1.96. The van der Waals surface area contributed by atoms with Crippen LogP contribution in [-0.2, 0) is 9.31 Å². The summed E-state index contributed by atoms with van der Waals surface area (Å²) < 4.78 is 12.1. The van der Waals surface area contributed by atoms with Gasteiger partial charge in [-0.25, -0.2) is 4.98 Å². The average Bonchev–Trinajstić information content (AvgIpc) is 3.06. The van der Waals surface area contributed by atoms with Crippen LogP contribution in [0.5, 0.6) is 0 Å². The van der Waals surface area contributed by atoms with Crippen molar-refractivity contribution in [3.05, 3.63) is 42.5 Å². The molecule has 0 bridgehead atoms. The molecule has 2 N–H and O–H groups in total. The molecule has 23 heavy (non-hydrogen) atoms. The van der Waals surface area contributed by atoms with Crippen molar-refractivity contribution in [2.24, 2.45) is 0 Å². The lowest BCUT2D eigenvalue weighted by atomic mass is 9.79. The number of rotatable bonds is 3. The molecule has 7 heteroatoms. The van der Waals surface area contributed by atoms with E-state index in [1.54, 1.807) is 0 Å². The first-order chi connectivity index (χ1) is 10.8. The first-order valence-electron chi connectivity index (χ1n) is 7.54. The smallest absolute Gasteiger partial charge is 0.399 e. The van der Waals surface area contributed by atoms with Gasteiger partial charge in [-0.05, 0) is 45.3 Å². The summed E-state index contributed by atoms with van der Waals surface area (Å²) in [5.41, 5.74) is 1.16. The van der Waals surface area contributed by atoms with Crippen LogP contribution in [-0.4, -0.2) is 34.2 Å². The fourth-order valence-electron chi connectivity index (χ4n) is 2.32. The standard InChI is InChI=1S/C16H20BN3O3/c1-15(2)16(3,4)23-17(22-15)11-6-5-7-12(8-11)20-14(21)13-9-18-10-19-13/h5-10H,1-4H3,(H,18,19)(H,20,21). The highest BCUT2D eigenvalue weighted by Gasteiger charge is 2.51. The van der Waals surface area contributed by atoms with Gasteiger partial charge in [-0.2, -0.15) is 0 Å². The molecule has 1 amide bonds. The van der Waals surface area contributed by atoms with Gasteiger partial charge >= 0.3 is 7.12 Å². The van der Waals surface area contributed by atoms with E-state index >= 15 is 0 Å². The molecule has 0 aliphatic carbocycles. The summed E-state index contributed by atoms with van der Waals surface area (Å²) in [6.45, 7) is 8.04. The third-order valence-corrected chi connectivity index (χ3v) is 4.41. The molecule has 1 aliphatic heterocycles. The van der Waals surface area contributed by atoms with E-state index in [4.69, 9.17) is 9.31 Å². The van der Waals surface area contributed by atoms with Gasteiger partial charge in [0.05, 0.1) is 23.7 Å². The average molecular weight is 313 g/mol. The number of hydrogen-bond acceptors (Lipinski definition) is 4. The number of carbonyl (C=O) groups excluding carboxylic acids is 1. The van der Waals surface area contributed by atoms with Crippen molar-refractivity contribution < 1.29 is 14.1 Å². The number of aromatic amines is 1. The molecule has 1 saturated heterocycles. The minimum Gasteiger partial charge on any atom is -0.399 e. The molecule has 1 fully saturated rings. The zero-order valence-electron chi connectivity index (χ0n) is 13.7. The van der Waals surface area contributed by atoms with Crippen molar-refractivity contribution in [1.82, 2.24) is 9.97 Å². The van der Waals surface area contributed by atoms with E-state index in [-0.39, 0.29) is 5.91 Å². The van der Waals surface area contributed by atoms with Crippen LogP contribution in [0, 0.1) is 0 Å². The molecule has 1 aliphatic rings. The van der Waals surface area contributed by atoms with Crippen LogP contribution in [0.2, 0.25) is 0 Å². The fraction of sp³-hybridized carbons (Fsp3) is 0.375. The second-order valence-corrected chi connectivity index (χ2v) is 6.63. The molecule has 6 nitrogen and oxygen atoms in total. The van der Waals surface area contributed by atoms with Crippen molar-refractivity contribution in [3.63, 3.8) is 0 Å². The van der Waals surface area contributed by atoms with E-state index in [0.29, 0.717) is 11.4 Å². The van der Waals surface area contributed by atoms with Gasteiger partial charge in [-0.3, -0.25) is 4.79 Å². The van der Waals surface area contributed by atoms with Crippen LogP contribution in [0.4, 0.5) is 5.69 Å². The number of imidazole rings is 1. The Bertz CT molecular complexity index is 697. The number of benzene rings is 1. The lowest BCUT2D eigenvalue weighted by Crippen LogP contribution is -2.41. The van der Waals surface area contributed by atoms with Gasteiger partial charge in [0.15, 0.2) is 0 Å². The third-order valence-electron chi connectivity index (χ3n) is 4.41. The summed E-state index contributed by atoms with van der Waals surface area (Å²) in [7, 11) is -0.455. The summed E-state index contributed by atoms with van der Waals surface area (Å²) in [5.74, 6) is -0.242. The molecule has 3 rings (SSSR count). The highest BCUT2D eigenvalue weighted by molar-refractivity contribution is 6.62. The number of hydrogen-bond donors (Lipinski definition) is 2. The predicted molar refractivity (Wildman–Crippen MR) is 88.7 cm³/mol. The van der Waals surface area contributed by atoms with Gasteiger partial charge in [-0.15, -0.1) is 0 Å². The van der Waals surface area contributed by atoms with E-state index < -0.39 is 18.3 Å². The van der Waals surface area contributed by atoms with Crippen molar-refractivity contribution in [2.45, 2.75) is 38.9 Å². The minimum absolute atomic E-state index is 0.242. The number of aromatic nitrogens is 2. The first-order valence-corrected chi connectivity index (χ1v) is 7.54. The van der Waals surface area contributed by atoms with Gasteiger partial charge in [0.1, 0.15) is 5.69 Å². The quantitative estimate of drug-likeness (QED) is 0.849. The molecule has 1 aromatic heterocycles. The highest BCUT2D eigenvalue weighted by atomic mass is 16.7. The van der Waals surface area contributed by atoms with E-state index in [0.717, 1.165) is 5.46 Å². The molecule has 0 radical (unpaired) electrons. The monoisotopic (exact) mass is 313 g/mol. The molecule has 0 atom stereocenters. The number of nitrogens with one attached hydrogen (secondary N) is 2. The van der Waals surface area contributed by atoms with Crippen LogP contribution < -0.4 is 10.8 Å². The summed E-state index contributed by atoms with van der Waals surface area (Å²) >= 11 is 0. The number of amides is 1. The molecule has 0 saturated carbocycles. The molecular formula is C16H20BN3O3. The van der Waals surface area contributed by atoms with Gasteiger partial charge in [0.25, 0.3) is 5.91 Å². The van der Waals surface area contributed by atoms with Crippen molar-refractivity contribution in [3.8, 4) is 0 Å². The van der Waals surface area contributed by atoms with Crippen LogP contribution in [0.1, 0.15) is 38.2 Å². The Morgan fingerprint density at radius 3 is 2.52 bits per heavy atom. The van der Waals surface area contributed by atoms with E-state index in [1.807, 2.05) is 52.0 Å². The molecule has 2 aromatic rings. The van der Waals surface area contributed by atoms with Gasteiger partial charge < -0.3 is 19.6 Å². The molecule has 0 spiro atoms. The molecule has 120 valence electrons. The Morgan fingerprint density at radius 2 is 1.91 bits per heavy atom. The van der Waals surface area contributed by atoms with Crippen molar-refractivity contribution in [1.29, 1.82) is 0 Å². The summed E-state index contributed by atoms with van der Waals surface area (Å²) in [6, 6.07) is 7.47. The first kappa shape index (κ1) is 15.8. The Hall–Kier alpha value is -2.12. The number of carbonyl (C=O) groups is 1. The van der Waals surface area contributed by atoms with Crippen LogP contribution in [0.3, 0.4) is 0 Å². The van der Waals surface area contributed by atoms with Crippen molar-refractivity contribution >= 4 is 24.2 Å². The molecule has 2 heterocycles. The maximum absolute atomic E-state index is 12.1. The highest BCUT2D eigenvalue weighted by Crippen LogP contribution is 2.36.